The van der Waals surface area contributed by atoms with Gasteiger partial charge in [0.05, 0.1) is 22.0 Å². The Hall–Kier alpha value is -1.83. The number of imide groups is 1. The molecule has 0 atom stereocenters. The molecule has 2 amide bonds. The van der Waals surface area contributed by atoms with Gasteiger partial charge in [-0.3, -0.25) is 14.5 Å². The van der Waals surface area contributed by atoms with Crippen molar-refractivity contribution >= 4 is 56.5 Å². The van der Waals surface area contributed by atoms with Crippen LogP contribution in [-0.2, 0) is 11.3 Å². The van der Waals surface area contributed by atoms with Gasteiger partial charge < -0.3 is 4.74 Å². The highest BCUT2D eigenvalue weighted by atomic mass is 79.9. The van der Waals surface area contributed by atoms with Gasteiger partial charge in [0.2, 0.25) is 0 Å². The second kappa shape index (κ2) is 8.68. The van der Waals surface area contributed by atoms with E-state index in [9.17, 15) is 14.0 Å². The quantitative estimate of drug-likeness (QED) is 0.470. The summed E-state index contributed by atoms with van der Waals surface area (Å²) in [6.45, 7) is 3.86. The smallest absolute Gasteiger partial charge is 0.293 e. The molecule has 0 unspecified atom stereocenters. The fourth-order valence-corrected chi connectivity index (χ4v) is 4.12. The predicted octanol–water partition coefficient (Wildman–Crippen LogP) is 6.27. The van der Waals surface area contributed by atoms with E-state index in [0.717, 1.165) is 32.8 Å². The van der Waals surface area contributed by atoms with Crippen LogP contribution in [-0.4, -0.2) is 22.2 Å². The molecule has 1 heterocycles. The van der Waals surface area contributed by atoms with Crippen LogP contribution in [0.1, 0.15) is 25.0 Å². The van der Waals surface area contributed by atoms with Gasteiger partial charge in [0.25, 0.3) is 11.1 Å². The summed E-state index contributed by atoms with van der Waals surface area (Å²) >= 11 is 10.3. The summed E-state index contributed by atoms with van der Waals surface area (Å²) in [5, 5.41) is -0.219. The van der Waals surface area contributed by atoms with Crippen LogP contribution in [0.3, 0.4) is 0 Å². The van der Waals surface area contributed by atoms with Crippen molar-refractivity contribution in [1.29, 1.82) is 0 Å². The SMILES string of the molecule is CC(C)Oc1ccc(/C=C2\SC(=O)N(Cc3ccc(F)cc3Cl)C2=O)cc1Br. The zero-order valence-electron chi connectivity index (χ0n) is 15.0. The Morgan fingerprint density at radius 1 is 1.25 bits per heavy atom. The Morgan fingerprint density at radius 2 is 2.00 bits per heavy atom. The number of amides is 2. The first kappa shape index (κ1) is 20.9. The third-order valence-corrected chi connectivity index (χ3v) is 5.71. The molecule has 3 rings (SSSR count). The molecule has 1 fully saturated rings. The molecule has 8 heteroatoms. The molecule has 2 aromatic rings. The summed E-state index contributed by atoms with van der Waals surface area (Å²) < 4.78 is 19.6. The van der Waals surface area contributed by atoms with Gasteiger partial charge in [0, 0.05) is 5.02 Å². The largest absolute Gasteiger partial charge is 0.490 e. The number of rotatable bonds is 5. The lowest BCUT2D eigenvalue weighted by Gasteiger charge is -2.13. The van der Waals surface area contributed by atoms with Crippen molar-refractivity contribution in [2.45, 2.75) is 26.5 Å². The zero-order chi connectivity index (χ0) is 20.4. The van der Waals surface area contributed by atoms with Gasteiger partial charge in [-0.15, -0.1) is 0 Å². The summed E-state index contributed by atoms with van der Waals surface area (Å²) in [4.78, 5) is 26.4. The Kier molecular flexibility index (Phi) is 6.47. The van der Waals surface area contributed by atoms with Crippen molar-refractivity contribution in [3.63, 3.8) is 0 Å². The number of halogens is 3. The molecule has 0 aromatic heterocycles. The summed E-state index contributed by atoms with van der Waals surface area (Å²) in [7, 11) is 0. The summed E-state index contributed by atoms with van der Waals surface area (Å²) in [5.41, 5.74) is 1.26. The number of hydrogen-bond acceptors (Lipinski definition) is 4. The minimum Gasteiger partial charge on any atom is -0.490 e. The van der Waals surface area contributed by atoms with Gasteiger partial charge in [-0.25, -0.2) is 4.39 Å². The second-order valence-corrected chi connectivity index (χ2v) is 8.61. The Balaban J connectivity index is 1.80. The highest BCUT2D eigenvalue weighted by Crippen LogP contribution is 2.35. The molecule has 146 valence electrons. The second-order valence-electron chi connectivity index (χ2n) is 6.36. The first-order chi connectivity index (χ1) is 13.2. The third-order valence-electron chi connectivity index (χ3n) is 3.83. The van der Waals surface area contributed by atoms with Crippen molar-refractivity contribution in [3.05, 3.63) is 67.7 Å². The third kappa shape index (κ3) is 4.77. The first-order valence-electron chi connectivity index (χ1n) is 8.40. The maximum atomic E-state index is 13.2. The highest BCUT2D eigenvalue weighted by Gasteiger charge is 2.35. The molecule has 0 N–H and O–H groups in total. The van der Waals surface area contributed by atoms with Crippen LogP contribution in [0.25, 0.3) is 6.08 Å². The van der Waals surface area contributed by atoms with E-state index < -0.39 is 17.0 Å². The monoisotopic (exact) mass is 483 g/mol. The van der Waals surface area contributed by atoms with Crippen LogP contribution in [0.15, 0.2) is 45.8 Å². The topological polar surface area (TPSA) is 46.6 Å². The number of thioether (sulfide) groups is 1. The number of carbonyl (C=O) groups excluding carboxylic acids is 2. The molecule has 0 radical (unpaired) electrons. The van der Waals surface area contributed by atoms with E-state index in [-0.39, 0.29) is 17.7 Å². The minimum atomic E-state index is -0.474. The zero-order valence-corrected chi connectivity index (χ0v) is 18.2. The molecule has 1 saturated heterocycles. The van der Waals surface area contributed by atoms with Gasteiger partial charge in [0.1, 0.15) is 11.6 Å². The highest BCUT2D eigenvalue weighted by molar-refractivity contribution is 9.10. The Labute approximate surface area is 179 Å². The van der Waals surface area contributed by atoms with Crippen LogP contribution in [0.5, 0.6) is 5.75 Å². The molecule has 0 aliphatic carbocycles. The van der Waals surface area contributed by atoms with E-state index in [1.54, 1.807) is 12.1 Å². The number of nitrogens with zero attached hydrogens (tertiary/aromatic N) is 1. The summed E-state index contributed by atoms with van der Waals surface area (Å²) in [6, 6.07) is 9.31. The van der Waals surface area contributed by atoms with E-state index >= 15 is 0 Å². The number of ether oxygens (including phenoxy) is 1. The van der Waals surface area contributed by atoms with Crippen molar-refractivity contribution in [3.8, 4) is 5.75 Å². The van der Waals surface area contributed by atoms with Crippen LogP contribution in [0, 0.1) is 5.82 Å². The average molecular weight is 485 g/mol. The summed E-state index contributed by atoms with van der Waals surface area (Å²) in [5.74, 6) is -0.182. The normalized spacial score (nSPS) is 15.8. The molecular formula is C20H16BrClFNO3S. The van der Waals surface area contributed by atoms with E-state index in [2.05, 4.69) is 15.9 Å². The lowest BCUT2D eigenvalue weighted by atomic mass is 10.2. The molecular weight excluding hydrogens is 469 g/mol. The maximum absolute atomic E-state index is 13.2. The lowest BCUT2D eigenvalue weighted by Crippen LogP contribution is -2.27. The van der Waals surface area contributed by atoms with E-state index in [1.165, 1.54) is 12.1 Å². The van der Waals surface area contributed by atoms with E-state index in [4.69, 9.17) is 16.3 Å². The molecule has 2 aromatic carbocycles. The molecule has 0 saturated carbocycles. The van der Waals surface area contributed by atoms with Crippen molar-refractivity contribution in [2.75, 3.05) is 0 Å². The minimum absolute atomic E-state index is 0.00796. The number of benzene rings is 2. The predicted molar refractivity (Wildman–Crippen MR) is 113 cm³/mol. The van der Waals surface area contributed by atoms with Gasteiger partial charge >= 0.3 is 0 Å². The van der Waals surface area contributed by atoms with Gasteiger partial charge in [0.15, 0.2) is 0 Å². The Bertz CT molecular complexity index is 980. The van der Waals surface area contributed by atoms with E-state index in [1.807, 2.05) is 26.0 Å². The van der Waals surface area contributed by atoms with Crippen LogP contribution < -0.4 is 4.74 Å². The van der Waals surface area contributed by atoms with Crippen molar-refractivity contribution in [2.24, 2.45) is 0 Å². The van der Waals surface area contributed by atoms with Gasteiger partial charge in [-0.1, -0.05) is 23.7 Å². The molecule has 0 bridgehead atoms. The standard InChI is InChI=1S/C20H16BrClFNO3S/c1-11(2)27-17-6-3-12(7-15(17)21)8-18-19(25)24(20(26)28-18)10-13-4-5-14(23)9-16(13)22/h3-9,11H,10H2,1-2H3/b18-8-. The fraction of sp³-hybridized carbons (Fsp3) is 0.200. The molecule has 1 aliphatic heterocycles. The molecule has 1 aliphatic rings. The number of carbonyl (C=O) groups is 2. The number of hydrogen-bond donors (Lipinski definition) is 0. The summed E-state index contributed by atoms with van der Waals surface area (Å²) in [6.07, 6.45) is 1.69. The van der Waals surface area contributed by atoms with Crippen molar-refractivity contribution < 1.29 is 18.7 Å². The van der Waals surface area contributed by atoms with Crippen LogP contribution >= 0.6 is 39.3 Å². The van der Waals surface area contributed by atoms with Gasteiger partial charge in [-0.2, -0.15) is 0 Å². The average Bonchev–Trinajstić information content (AvgIpc) is 2.86. The first-order valence-corrected chi connectivity index (χ1v) is 10.4. The molecule has 4 nitrogen and oxygen atoms in total. The fourth-order valence-electron chi connectivity index (χ4n) is 2.56. The Morgan fingerprint density at radius 3 is 2.64 bits per heavy atom. The molecule has 0 spiro atoms. The lowest BCUT2D eigenvalue weighted by molar-refractivity contribution is -0.123. The van der Waals surface area contributed by atoms with Gasteiger partial charge in [-0.05, 0) is 83.0 Å². The van der Waals surface area contributed by atoms with Crippen molar-refractivity contribution in [1.82, 2.24) is 4.90 Å². The maximum Gasteiger partial charge on any atom is 0.293 e. The molecule has 28 heavy (non-hydrogen) atoms. The van der Waals surface area contributed by atoms with Crippen LogP contribution in [0.2, 0.25) is 5.02 Å². The van der Waals surface area contributed by atoms with E-state index in [0.29, 0.717) is 16.2 Å². The van der Waals surface area contributed by atoms with Crippen LogP contribution in [0.4, 0.5) is 9.18 Å².